The zero-order chi connectivity index (χ0) is 22.7. The average Bonchev–Trinajstić information content (AvgIpc) is 3.36. The molecule has 3 aromatic heterocycles. The van der Waals surface area contributed by atoms with Crippen molar-refractivity contribution in [1.82, 2.24) is 29.6 Å². The van der Waals surface area contributed by atoms with Gasteiger partial charge in [-0.05, 0) is 35.4 Å². The van der Waals surface area contributed by atoms with Crippen molar-refractivity contribution in [2.45, 2.75) is 6.04 Å². The number of para-hydroxylation sites is 1. The molecule has 7 nitrogen and oxygen atoms in total. The molecule has 0 amide bonds. The molecule has 5 aromatic rings. The largest absolute Gasteiger partial charge is 0.353 e. The van der Waals surface area contributed by atoms with Gasteiger partial charge in [-0.15, -0.1) is 0 Å². The van der Waals surface area contributed by atoms with Crippen molar-refractivity contribution >= 4 is 16.9 Å². The fraction of sp³-hybridized carbons (Fsp3) is 0.185. The SMILES string of the molecule is c1ccc(C(c2ccncc2)N2CCN(c3ncnc4c3cnn4-c3ccccc3)CC2)cc1. The topological polar surface area (TPSA) is 63.0 Å². The van der Waals surface area contributed by atoms with Gasteiger partial charge in [0.05, 0.1) is 23.3 Å². The van der Waals surface area contributed by atoms with E-state index in [4.69, 9.17) is 0 Å². The quantitative estimate of drug-likeness (QED) is 0.404. The molecule has 1 atom stereocenters. The van der Waals surface area contributed by atoms with Crippen LogP contribution in [0.5, 0.6) is 0 Å². The number of anilines is 1. The number of fused-ring (bicyclic) bond motifs is 1. The van der Waals surface area contributed by atoms with Gasteiger partial charge in [0.1, 0.15) is 12.1 Å². The van der Waals surface area contributed by atoms with Gasteiger partial charge in [0, 0.05) is 38.6 Å². The highest BCUT2D eigenvalue weighted by molar-refractivity contribution is 5.87. The van der Waals surface area contributed by atoms with E-state index in [9.17, 15) is 0 Å². The van der Waals surface area contributed by atoms with Crippen LogP contribution in [0.1, 0.15) is 17.2 Å². The lowest BCUT2D eigenvalue weighted by Crippen LogP contribution is -2.48. The standard InChI is InChI=1S/C27H25N7/c1-3-7-21(8-4-1)25(22-11-13-28-14-12-22)32-15-17-33(18-16-32)26-24-19-31-34(27(24)30-20-29-26)23-9-5-2-6-10-23/h1-14,19-20,25H,15-18H2. The third kappa shape index (κ3) is 3.80. The Morgan fingerprint density at radius 1 is 0.706 bits per heavy atom. The molecule has 2 aromatic carbocycles. The van der Waals surface area contributed by atoms with Gasteiger partial charge in [-0.25, -0.2) is 14.6 Å². The number of hydrogen-bond donors (Lipinski definition) is 0. The van der Waals surface area contributed by atoms with E-state index in [1.54, 1.807) is 6.33 Å². The van der Waals surface area contributed by atoms with Crippen LogP contribution in [0.15, 0.2) is 97.7 Å². The van der Waals surface area contributed by atoms with Gasteiger partial charge in [-0.2, -0.15) is 5.10 Å². The molecular weight excluding hydrogens is 422 g/mol. The molecule has 1 fully saturated rings. The molecule has 0 saturated carbocycles. The Hall–Kier alpha value is -4.10. The first-order chi connectivity index (χ1) is 16.9. The summed E-state index contributed by atoms with van der Waals surface area (Å²) in [7, 11) is 0. The summed E-state index contributed by atoms with van der Waals surface area (Å²) in [5, 5.41) is 5.59. The molecular formula is C27H25N7. The minimum atomic E-state index is 0.206. The fourth-order valence-electron chi connectivity index (χ4n) is 4.83. The summed E-state index contributed by atoms with van der Waals surface area (Å²) in [6, 6.07) is 25.3. The molecule has 34 heavy (non-hydrogen) atoms. The first kappa shape index (κ1) is 20.5. The van der Waals surface area contributed by atoms with E-state index in [1.165, 1.54) is 11.1 Å². The summed E-state index contributed by atoms with van der Waals surface area (Å²) >= 11 is 0. The third-order valence-electron chi connectivity index (χ3n) is 6.46. The van der Waals surface area contributed by atoms with E-state index in [2.05, 4.69) is 72.3 Å². The molecule has 0 radical (unpaired) electrons. The van der Waals surface area contributed by atoms with Gasteiger partial charge < -0.3 is 4.90 Å². The smallest absolute Gasteiger partial charge is 0.168 e. The van der Waals surface area contributed by atoms with Crippen LogP contribution < -0.4 is 4.90 Å². The molecule has 6 rings (SSSR count). The monoisotopic (exact) mass is 447 g/mol. The lowest BCUT2D eigenvalue weighted by Gasteiger charge is -2.40. The molecule has 1 saturated heterocycles. The Labute approximate surface area is 198 Å². The highest BCUT2D eigenvalue weighted by atomic mass is 15.3. The molecule has 7 heteroatoms. The zero-order valence-corrected chi connectivity index (χ0v) is 18.8. The van der Waals surface area contributed by atoms with Crippen LogP contribution in [-0.2, 0) is 0 Å². The average molecular weight is 448 g/mol. The van der Waals surface area contributed by atoms with E-state index >= 15 is 0 Å². The van der Waals surface area contributed by atoms with Crippen molar-refractivity contribution in [1.29, 1.82) is 0 Å². The lowest BCUT2D eigenvalue weighted by molar-refractivity contribution is 0.212. The van der Waals surface area contributed by atoms with E-state index in [0.29, 0.717) is 0 Å². The number of rotatable bonds is 5. The number of piperazine rings is 1. The van der Waals surface area contributed by atoms with Crippen LogP contribution in [0, 0.1) is 0 Å². The molecule has 4 heterocycles. The van der Waals surface area contributed by atoms with Gasteiger partial charge >= 0.3 is 0 Å². The summed E-state index contributed by atoms with van der Waals surface area (Å²) in [4.78, 5) is 18.3. The van der Waals surface area contributed by atoms with Crippen LogP contribution in [0.25, 0.3) is 16.7 Å². The van der Waals surface area contributed by atoms with E-state index in [0.717, 1.165) is 48.7 Å². The summed E-state index contributed by atoms with van der Waals surface area (Å²) in [5.74, 6) is 0.951. The van der Waals surface area contributed by atoms with Crippen LogP contribution in [0.3, 0.4) is 0 Å². The summed E-state index contributed by atoms with van der Waals surface area (Å²) in [5.41, 5.74) is 4.39. The number of nitrogens with zero attached hydrogens (tertiary/aromatic N) is 7. The minimum Gasteiger partial charge on any atom is -0.353 e. The molecule has 1 aliphatic rings. The van der Waals surface area contributed by atoms with Gasteiger partial charge in [-0.3, -0.25) is 9.88 Å². The van der Waals surface area contributed by atoms with Crippen molar-refractivity contribution in [3.63, 3.8) is 0 Å². The molecule has 0 spiro atoms. The van der Waals surface area contributed by atoms with Crippen molar-refractivity contribution < 1.29 is 0 Å². The highest BCUT2D eigenvalue weighted by Crippen LogP contribution is 2.31. The maximum absolute atomic E-state index is 4.66. The first-order valence-corrected chi connectivity index (χ1v) is 11.6. The highest BCUT2D eigenvalue weighted by Gasteiger charge is 2.28. The maximum Gasteiger partial charge on any atom is 0.168 e. The third-order valence-corrected chi connectivity index (χ3v) is 6.46. The molecule has 0 N–H and O–H groups in total. The van der Waals surface area contributed by atoms with E-state index in [1.807, 2.05) is 53.6 Å². The van der Waals surface area contributed by atoms with Crippen LogP contribution in [-0.4, -0.2) is 55.8 Å². The molecule has 0 bridgehead atoms. The van der Waals surface area contributed by atoms with Crippen LogP contribution in [0.4, 0.5) is 5.82 Å². The predicted molar refractivity (Wildman–Crippen MR) is 133 cm³/mol. The maximum atomic E-state index is 4.66. The van der Waals surface area contributed by atoms with Gasteiger partial charge in [0.2, 0.25) is 0 Å². The predicted octanol–water partition coefficient (Wildman–Crippen LogP) is 4.12. The summed E-state index contributed by atoms with van der Waals surface area (Å²) < 4.78 is 1.88. The second-order valence-electron chi connectivity index (χ2n) is 8.44. The first-order valence-electron chi connectivity index (χ1n) is 11.6. The Morgan fingerprint density at radius 3 is 2.12 bits per heavy atom. The second-order valence-corrected chi connectivity index (χ2v) is 8.44. The Morgan fingerprint density at radius 2 is 1.38 bits per heavy atom. The summed E-state index contributed by atoms with van der Waals surface area (Å²) in [6.07, 6.45) is 7.29. The Balaban J connectivity index is 1.27. The van der Waals surface area contributed by atoms with E-state index < -0.39 is 0 Å². The van der Waals surface area contributed by atoms with Gasteiger partial charge in [0.25, 0.3) is 0 Å². The van der Waals surface area contributed by atoms with Gasteiger partial charge in [-0.1, -0.05) is 48.5 Å². The summed E-state index contributed by atoms with van der Waals surface area (Å²) in [6.45, 7) is 3.63. The second kappa shape index (κ2) is 9.03. The van der Waals surface area contributed by atoms with E-state index in [-0.39, 0.29) is 6.04 Å². The number of aromatic nitrogens is 5. The number of pyridine rings is 1. The Kier molecular flexibility index (Phi) is 5.45. The molecule has 0 aliphatic carbocycles. The number of benzene rings is 2. The Bertz CT molecular complexity index is 1320. The van der Waals surface area contributed by atoms with Crippen molar-refractivity contribution in [3.8, 4) is 5.69 Å². The molecule has 1 aliphatic heterocycles. The zero-order valence-electron chi connectivity index (χ0n) is 18.8. The normalized spacial score (nSPS) is 15.5. The van der Waals surface area contributed by atoms with Crippen molar-refractivity contribution in [3.05, 3.63) is 109 Å². The van der Waals surface area contributed by atoms with Crippen LogP contribution >= 0.6 is 0 Å². The molecule has 168 valence electrons. The van der Waals surface area contributed by atoms with Crippen molar-refractivity contribution in [2.75, 3.05) is 31.1 Å². The van der Waals surface area contributed by atoms with Crippen LogP contribution in [0.2, 0.25) is 0 Å². The van der Waals surface area contributed by atoms with Crippen molar-refractivity contribution in [2.24, 2.45) is 0 Å². The van der Waals surface area contributed by atoms with Gasteiger partial charge in [0.15, 0.2) is 5.65 Å². The number of hydrogen-bond acceptors (Lipinski definition) is 6. The lowest BCUT2D eigenvalue weighted by atomic mass is 9.97. The molecule has 1 unspecified atom stereocenters. The minimum absolute atomic E-state index is 0.206. The fourth-order valence-corrected chi connectivity index (χ4v) is 4.83.